The van der Waals surface area contributed by atoms with Crippen LogP contribution in [0.4, 0.5) is 0 Å². The van der Waals surface area contributed by atoms with Gasteiger partial charge in [-0.1, -0.05) is 12.5 Å². The molecule has 0 aromatic carbocycles. The van der Waals surface area contributed by atoms with E-state index in [1.54, 1.807) is 12.4 Å². The minimum Gasteiger partial charge on any atom is -0.394 e. The quantitative estimate of drug-likeness (QED) is 0.823. The highest BCUT2D eigenvalue weighted by atomic mass is 32.2. The SMILES string of the molecule is O=[S@@]1CCCC[C@]1(CO)c1cccnc1. The lowest BCUT2D eigenvalue weighted by Gasteiger charge is -2.34. The van der Waals surface area contributed by atoms with E-state index in [0.717, 1.165) is 24.8 Å². The van der Waals surface area contributed by atoms with Gasteiger partial charge in [0.2, 0.25) is 0 Å². The van der Waals surface area contributed by atoms with Crippen LogP contribution in [0, 0.1) is 0 Å². The van der Waals surface area contributed by atoms with Gasteiger partial charge in [0.25, 0.3) is 0 Å². The third-order valence-corrected chi connectivity index (χ3v) is 5.14. The Balaban J connectivity index is 2.40. The van der Waals surface area contributed by atoms with E-state index in [1.807, 2.05) is 12.1 Å². The van der Waals surface area contributed by atoms with Crippen molar-refractivity contribution in [1.29, 1.82) is 0 Å². The summed E-state index contributed by atoms with van der Waals surface area (Å²) in [5.74, 6) is 0.690. The topological polar surface area (TPSA) is 50.2 Å². The maximum atomic E-state index is 12.1. The molecule has 1 aliphatic heterocycles. The van der Waals surface area contributed by atoms with E-state index in [0.29, 0.717) is 5.75 Å². The number of aliphatic hydroxyl groups is 1. The van der Waals surface area contributed by atoms with Crippen molar-refractivity contribution in [1.82, 2.24) is 4.98 Å². The van der Waals surface area contributed by atoms with Crippen molar-refractivity contribution in [3.8, 4) is 0 Å². The summed E-state index contributed by atoms with van der Waals surface area (Å²) < 4.78 is 11.5. The Morgan fingerprint density at radius 3 is 3.00 bits per heavy atom. The van der Waals surface area contributed by atoms with Gasteiger partial charge in [0.05, 0.1) is 11.4 Å². The smallest absolute Gasteiger partial charge is 0.0951 e. The van der Waals surface area contributed by atoms with Crippen LogP contribution in [-0.4, -0.2) is 26.7 Å². The number of pyridine rings is 1. The number of hydrogen-bond donors (Lipinski definition) is 1. The summed E-state index contributed by atoms with van der Waals surface area (Å²) in [5, 5.41) is 9.54. The number of nitrogens with zero attached hydrogens (tertiary/aromatic N) is 1. The van der Waals surface area contributed by atoms with Gasteiger partial charge in [-0.3, -0.25) is 9.19 Å². The Hall–Kier alpha value is -0.740. The van der Waals surface area contributed by atoms with Gasteiger partial charge in [-0.25, -0.2) is 0 Å². The maximum Gasteiger partial charge on any atom is 0.0951 e. The molecule has 1 fully saturated rings. The first-order valence-corrected chi connectivity index (χ1v) is 6.51. The van der Waals surface area contributed by atoms with E-state index in [2.05, 4.69) is 4.98 Å². The second kappa shape index (κ2) is 4.41. The zero-order valence-corrected chi connectivity index (χ0v) is 9.37. The molecule has 0 saturated carbocycles. The molecular weight excluding hydrogens is 210 g/mol. The molecule has 1 N–H and O–H groups in total. The summed E-state index contributed by atoms with van der Waals surface area (Å²) >= 11 is 0. The average molecular weight is 225 g/mol. The van der Waals surface area contributed by atoms with Gasteiger partial charge < -0.3 is 5.11 Å². The Kier molecular flexibility index (Phi) is 3.17. The monoisotopic (exact) mass is 225 g/mol. The van der Waals surface area contributed by atoms with Gasteiger partial charge in [-0.15, -0.1) is 0 Å². The fraction of sp³-hybridized carbons (Fsp3) is 0.545. The molecule has 0 radical (unpaired) electrons. The van der Waals surface area contributed by atoms with Crippen molar-refractivity contribution in [2.75, 3.05) is 12.4 Å². The lowest BCUT2D eigenvalue weighted by Crippen LogP contribution is -2.39. The highest BCUT2D eigenvalue weighted by Crippen LogP contribution is 2.36. The third kappa shape index (κ3) is 1.84. The molecule has 1 saturated heterocycles. The standard InChI is InChI=1S/C11H15NO2S/c13-9-11(5-1-2-7-15(11)14)10-4-3-6-12-8-10/h3-4,6,8,13H,1-2,5,7,9H2/t11-,15+/m0/s1. The molecule has 4 heteroatoms. The summed E-state index contributed by atoms with van der Waals surface area (Å²) in [6.07, 6.45) is 6.23. The second-order valence-corrected chi connectivity index (χ2v) is 5.78. The fourth-order valence-corrected chi connectivity index (χ4v) is 3.86. The molecule has 0 bridgehead atoms. The molecule has 1 aromatic rings. The van der Waals surface area contributed by atoms with Crippen LogP contribution in [0.2, 0.25) is 0 Å². The first-order valence-electron chi connectivity index (χ1n) is 5.19. The van der Waals surface area contributed by atoms with Crippen molar-refractivity contribution in [2.24, 2.45) is 0 Å². The molecule has 2 atom stereocenters. The van der Waals surface area contributed by atoms with Crippen molar-refractivity contribution in [3.63, 3.8) is 0 Å². The van der Waals surface area contributed by atoms with Gasteiger partial charge in [0.15, 0.2) is 0 Å². The van der Waals surface area contributed by atoms with Crippen LogP contribution in [0.5, 0.6) is 0 Å². The normalized spacial score (nSPS) is 31.4. The van der Waals surface area contributed by atoms with E-state index in [9.17, 15) is 9.32 Å². The lowest BCUT2D eigenvalue weighted by atomic mass is 9.94. The Morgan fingerprint density at radius 1 is 1.53 bits per heavy atom. The van der Waals surface area contributed by atoms with Crippen LogP contribution in [-0.2, 0) is 15.5 Å². The van der Waals surface area contributed by atoms with Crippen LogP contribution < -0.4 is 0 Å². The predicted molar refractivity (Wildman–Crippen MR) is 59.9 cm³/mol. The van der Waals surface area contributed by atoms with E-state index >= 15 is 0 Å². The highest BCUT2D eigenvalue weighted by molar-refractivity contribution is 7.86. The average Bonchev–Trinajstić information content (AvgIpc) is 2.31. The largest absolute Gasteiger partial charge is 0.394 e. The molecule has 0 unspecified atom stereocenters. The minimum atomic E-state index is -0.978. The summed E-state index contributed by atoms with van der Waals surface area (Å²) in [4.78, 5) is 4.04. The van der Waals surface area contributed by atoms with E-state index < -0.39 is 15.5 Å². The van der Waals surface area contributed by atoms with Crippen LogP contribution in [0.3, 0.4) is 0 Å². The van der Waals surface area contributed by atoms with Crippen molar-refractivity contribution < 1.29 is 9.32 Å². The zero-order chi connectivity index (χ0) is 10.7. The first kappa shape index (κ1) is 10.8. The minimum absolute atomic E-state index is 0.0503. The third-order valence-electron chi connectivity index (χ3n) is 3.04. The molecule has 15 heavy (non-hydrogen) atoms. The number of rotatable bonds is 2. The van der Waals surface area contributed by atoms with Gasteiger partial charge >= 0.3 is 0 Å². The van der Waals surface area contributed by atoms with Crippen LogP contribution in [0.15, 0.2) is 24.5 Å². The lowest BCUT2D eigenvalue weighted by molar-refractivity contribution is 0.232. The predicted octanol–water partition coefficient (Wildman–Crippen LogP) is 1.20. The molecular formula is C11H15NO2S. The molecule has 2 heterocycles. The molecule has 82 valence electrons. The van der Waals surface area contributed by atoms with Crippen LogP contribution in [0.1, 0.15) is 24.8 Å². The Morgan fingerprint density at radius 2 is 2.40 bits per heavy atom. The summed E-state index contributed by atoms with van der Waals surface area (Å²) in [6.45, 7) is -0.0503. The summed E-state index contributed by atoms with van der Waals surface area (Å²) in [6, 6.07) is 3.74. The van der Waals surface area contributed by atoms with E-state index in [-0.39, 0.29) is 6.61 Å². The van der Waals surface area contributed by atoms with Gasteiger partial charge in [-0.2, -0.15) is 0 Å². The van der Waals surface area contributed by atoms with Gasteiger partial charge in [-0.05, 0) is 24.5 Å². The molecule has 2 rings (SSSR count). The molecule has 0 amide bonds. The van der Waals surface area contributed by atoms with Gasteiger partial charge in [0.1, 0.15) is 0 Å². The van der Waals surface area contributed by atoms with E-state index in [1.165, 1.54) is 0 Å². The molecule has 0 spiro atoms. The number of aromatic nitrogens is 1. The second-order valence-electron chi connectivity index (χ2n) is 3.90. The number of hydrogen-bond acceptors (Lipinski definition) is 3. The maximum absolute atomic E-state index is 12.1. The van der Waals surface area contributed by atoms with Crippen molar-refractivity contribution in [2.45, 2.75) is 24.0 Å². The summed E-state index contributed by atoms with van der Waals surface area (Å²) in [5.41, 5.74) is 0.908. The number of aliphatic hydroxyl groups excluding tert-OH is 1. The summed E-state index contributed by atoms with van der Waals surface area (Å²) in [7, 11) is -0.978. The fourth-order valence-electron chi connectivity index (χ4n) is 2.10. The Labute approximate surface area is 92.0 Å². The van der Waals surface area contributed by atoms with Crippen molar-refractivity contribution in [3.05, 3.63) is 30.1 Å². The van der Waals surface area contributed by atoms with E-state index in [4.69, 9.17) is 0 Å². The molecule has 0 aliphatic carbocycles. The van der Waals surface area contributed by atoms with Crippen LogP contribution in [0.25, 0.3) is 0 Å². The van der Waals surface area contributed by atoms with Gasteiger partial charge in [0, 0.05) is 28.9 Å². The molecule has 3 nitrogen and oxygen atoms in total. The molecule has 1 aromatic heterocycles. The van der Waals surface area contributed by atoms with Crippen LogP contribution >= 0.6 is 0 Å². The van der Waals surface area contributed by atoms with Crippen molar-refractivity contribution >= 4 is 10.8 Å². The zero-order valence-electron chi connectivity index (χ0n) is 8.56. The Bertz CT molecular complexity index is 355. The first-order chi connectivity index (χ1) is 7.29. The molecule has 1 aliphatic rings. The highest BCUT2D eigenvalue weighted by Gasteiger charge is 2.40.